The molecule has 1 heteroatoms. The molecule has 27 heavy (non-hydrogen) atoms. The number of rotatable bonds is 3. The Morgan fingerprint density at radius 1 is 0.852 bits per heavy atom. The molecule has 0 spiro atoms. The third kappa shape index (κ3) is 3.19. The van der Waals surface area contributed by atoms with Crippen LogP contribution in [0, 0.1) is 13.8 Å². The number of anilines is 1. The summed E-state index contributed by atoms with van der Waals surface area (Å²) in [5.74, 6) is 0. The van der Waals surface area contributed by atoms with E-state index in [1.165, 1.54) is 50.0 Å². The molecule has 0 fully saturated rings. The van der Waals surface area contributed by atoms with Crippen molar-refractivity contribution in [3.8, 4) is 0 Å². The SMILES string of the molecule is CCc1c(/C=C2\C=Cc3cc(C)ccc3N2CC)ccc2cc(C)ccc12. The van der Waals surface area contributed by atoms with Gasteiger partial charge in [-0.3, -0.25) is 0 Å². The predicted octanol–water partition coefficient (Wildman–Crippen LogP) is 6.91. The van der Waals surface area contributed by atoms with Gasteiger partial charge in [-0.15, -0.1) is 0 Å². The van der Waals surface area contributed by atoms with E-state index in [9.17, 15) is 0 Å². The molecule has 3 aromatic rings. The Labute approximate surface area is 162 Å². The Kier molecular flexibility index (Phi) is 4.61. The summed E-state index contributed by atoms with van der Waals surface area (Å²) >= 11 is 0. The van der Waals surface area contributed by atoms with Crippen LogP contribution in [0.15, 0.2) is 60.3 Å². The Morgan fingerprint density at radius 3 is 2.41 bits per heavy atom. The first kappa shape index (κ1) is 17.6. The maximum Gasteiger partial charge on any atom is 0.0484 e. The number of nitrogens with zero attached hydrogens (tertiary/aromatic N) is 1. The van der Waals surface area contributed by atoms with Gasteiger partial charge in [0, 0.05) is 17.9 Å². The Balaban J connectivity index is 1.84. The van der Waals surface area contributed by atoms with Crippen LogP contribution in [0.2, 0.25) is 0 Å². The van der Waals surface area contributed by atoms with E-state index < -0.39 is 0 Å². The Hall–Kier alpha value is -2.80. The molecule has 1 aliphatic rings. The van der Waals surface area contributed by atoms with E-state index in [1.807, 2.05) is 0 Å². The molecule has 4 rings (SSSR count). The van der Waals surface area contributed by atoms with Crippen LogP contribution in [0.3, 0.4) is 0 Å². The molecular weight excluding hydrogens is 326 g/mol. The van der Waals surface area contributed by atoms with E-state index >= 15 is 0 Å². The van der Waals surface area contributed by atoms with Crippen molar-refractivity contribution < 1.29 is 0 Å². The van der Waals surface area contributed by atoms with Gasteiger partial charge in [0.15, 0.2) is 0 Å². The molecule has 0 radical (unpaired) electrons. The van der Waals surface area contributed by atoms with Gasteiger partial charge in [0.2, 0.25) is 0 Å². The van der Waals surface area contributed by atoms with E-state index in [0.717, 1.165) is 13.0 Å². The molecule has 0 N–H and O–H groups in total. The molecule has 3 aromatic carbocycles. The first-order valence-corrected chi connectivity index (χ1v) is 9.91. The lowest BCUT2D eigenvalue weighted by Gasteiger charge is -2.30. The van der Waals surface area contributed by atoms with Gasteiger partial charge in [-0.1, -0.05) is 60.5 Å². The Morgan fingerprint density at radius 2 is 1.63 bits per heavy atom. The van der Waals surface area contributed by atoms with Gasteiger partial charge in [0.1, 0.15) is 0 Å². The third-order valence-electron chi connectivity index (χ3n) is 5.52. The lowest BCUT2D eigenvalue weighted by atomic mass is 9.94. The van der Waals surface area contributed by atoms with Crippen molar-refractivity contribution in [2.24, 2.45) is 0 Å². The molecule has 1 nitrogen and oxygen atoms in total. The van der Waals surface area contributed by atoms with E-state index in [-0.39, 0.29) is 0 Å². The minimum absolute atomic E-state index is 0.959. The largest absolute Gasteiger partial charge is 0.341 e. The maximum absolute atomic E-state index is 2.41. The highest BCUT2D eigenvalue weighted by Gasteiger charge is 2.16. The number of aryl methyl sites for hydroxylation is 3. The number of benzene rings is 3. The van der Waals surface area contributed by atoms with Crippen LogP contribution in [-0.4, -0.2) is 6.54 Å². The number of hydrogen-bond donors (Lipinski definition) is 0. The summed E-state index contributed by atoms with van der Waals surface area (Å²) < 4.78 is 0. The predicted molar refractivity (Wildman–Crippen MR) is 119 cm³/mol. The van der Waals surface area contributed by atoms with Crippen molar-refractivity contribution in [3.63, 3.8) is 0 Å². The van der Waals surface area contributed by atoms with Gasteiger partial charge >= 0.3 is 0 Å². The topological polar surface area (TPSA) is 3.24 Å². The summed E-state index contributed by atoms with van der Waals surface area (Å²) in [5.41, 5.74) is 9.23. The highest BCUT2D eigenvalue weighted by molar-refractivity contribution is 5.90. The lowest BCUT2D eigenvalue weighted by molar-refractivity contribution is 0.976. The molecule has 0 saturated heterocycles. The Bertz CT molecular complexity index is 1070. The van der Waals surface area contributed by atoms with Gasteiger partial charge in [-0.25, -0.2) is 0 Å². The zero-order chi connectivity index (χ0) is 19.0. The van der Waals surface area contributed by atoms with E-state index in [2.05, 4.69) is 99.4 Å². The van der Waals surface area contributed by atoms with Crippen LogP contribution < -0.4 is 4.90 Å². The molecule has 1 heterocycles. The first-order chi connectivity index (χ1) is 13.1. The first-order valence-electron chi connectivity index (χ1n) is 9.91. The van der Waals surface area contributed by atoms with Crippen LogP contribution in [0.4, 0.5) is 5.69 Å². The normalized spacial score (nSPS) is 14.8. The molecule has 0 saturated carbocycles. The number of fused-ring (bicyclic) bond motifs is 2. The zero-order valence-electron chi connectivity index (χ0n) is 16.7. The van der Waals surface area contributed by atoms with Crippen LogP contribution in [0.1, 0.15) is 41.7 Å². The van der Waals surface area contributed by atoms with Crippen LogP contribution in [0.5, 0.6) is 0 Å². The molecular formula is C26H27N. The molecule has 0 atom stereocenters. The highest BCUT2D eigenvalue weighted by atomic mass is 15.1. The summed E-state index contributed by atoms with van der Waals surface area (Å²) in [6.07, 6.45) is 7.88. The number of allylic oxidation sites excluding steroid dienone is 1. The smallest absolute Gasteiger partial charge is 0.0484 e. The quantitative estimate of drug-likeness (QED) is 0.494. The van der Waals surface area contributed by atoms with Gasteiger partial charge in [-0.05, 0) is 78.9 Å². The zero-order valence-corrected chi connectivity index (χ0v) is 16.7. The van der Waals surface area contributed by atoms with Gasteiger partial charge in [0.05, 0.1) is 0 Å². The van der Waals surface area contributed by atoms with Crippen LogP contribution >= 0.6 is 0 Å². The molecule has 0 aromatic heterocycles. The average Bonchev–Trinajstić information content (AvgIpc) is 2.67. The molecule has 136 valence electrons. The highest BCUT2D eigenvalue weighted by Crippen LogP contribution is 2.33. The van der Waals surface area contributed by atoms with E-state index in [0.29, 0.717) is 0 Å². The van der Waals surface area contributed by atoms with Crippen molar-refractivity contribution in [2.45, 2.75) is 34.1 Å². The summed E-state index contributed by atoms with van der Waals surface area (Å²) in [6, 6.07) is 18.0. The lowest BCUT2D eigenvalue weighted by Crippen LogP contribution is -2.23. The summed E-state index contributed by atoms with van der Waals surface area (Å²) in [7, 11) is 0. The minimum atomic E-state index is 0.959. The fraction of sp³-hybridized carbons (Fsp3) is 0.231. The standard InChI is InChI=1S/C26H27N/c1-5-24-21(10-9-20-15-18(3)7-13-25(20)24)17-23-12-11-22-16-19(4)8-14-26(22)27(23)6-2/h7-17H,5-6H2,1-4H3/b23-17+. The summed E-state index contributed by atoms with van der Waals surface area (Å²) in [6.45, 7) is 9.75. The summed E-state index contributed by atoms with van der Waals surface area (Å²) in [5, 5.41) is 2.71. The molecule has 1 aliphatic heterocycles. The molecule has 0 unspecified atom stereocenters. The number of hydrogen-bond acceptors (Lipinski definition) is 1. The monoisotopic (exact) mass is 353 g/mol. The number of likely N-dealkylation sites (N-methyl/N-ethyl adjacent to an activating group) is 1. The van der Waals surface area contributed by atoms with Crippen molar-refractivity contribution in [2.75, 3.05) is 11.4 Å². The maximum atomic E-state index is 2.41. The molecule has 0 amide bonds. The fourth-order valence-electron chi connectivity index (χ4n) is 4.16. The van der Waals surface area contributed by atoms with Crippen molar-refractivity contribution >= 4 is 28.6 Å². The minimum Gasteiger partial charge on any atom is -0.341 e. The van der Waals surface area contributed by atoms with Gasteiger partial charge in [-0.2, -0.15) is 0 Å². The average molecular weight is 354 g/mol. The van der Waals surface area contributed by atoms with Crippen LogP contribution in [0.25, 0.3) is 22.9 Å². The van der Waals surface area contributed by atoms with Crippen molar-refractivity contribution in [3.05, 3.63) is 88.1 Å². The third-order valence-corrected chi connectivity index (χ3v) is 5.52. The molecule has 0 bridgehead atoms. The van der Waals surface area contributed by atoms with Gasteiger partial charge < -0.3 is 4.90 Å². The van der Waals surface area contributed by atoms with Crippen LogP contribution in [-0.2, 0) is 6.42 Å². The van der Waals surface area contributed by atoms with E-state index in [4.69, 9.17) is 0 Å². The van der Waals surface area contributed by atoms with Gasteiger partial charge in [0.25, 0.3) is 0 Å². The second-order valence-corrected chi connectivity index (χ2v) is 7.42. The second-order valence-electron chi connectivity index (χ2n) is 7.42. The van der Waals surface area contributed by atoms with E-state index in [1.54, 1.807) is 0 Å². The fourth-order valence-corrected chi connectivity index (χ4v) is 4.16. The summed E-state index contributed by atoms with van der Waals surface area (Å²) in [4.78, 5) is 2.41. The second kappa shape index (κ2) is 7.08. The molecule has 0 aliphatic carbocycles. The van der Waals surface area contributed by atoms with Crippen molar-refractivity contribution in [1.29, 1.82) is 0 Å². The van der Waals surface area contributed by atoms with Crippen molar-refractivity contribution in [1.82, 2.24) is 0 Å².